The van der Waals surface area contributed by atoms with Crippen LogP contribution in [0.25, 0.3) is 0 Å². The van der Waals surface area contributed by atoms with E-state index in [9.17, 15) is 19.7 Å². The van der Waals surface area contributed by atoms with Gasteiger partial charge in [-0.1, -0.05) is 19.8 Å². The first-order valence-electron chi connectivity index (χ1n) is 11.1. The van der Waals surface area contributed by atoms with Gasteiger partial charge in [0.05, 0.1) is 16.2 Å². The number of nitro groups is 1. The van der Waals surface area contributed by atoms with Crippen LogP contribution in [-0.4, -0.2) is 54.4 Å². The molecule has 0 aliphatic carbocycles. The zero-order chi connectivity index (χ0) is 21.5. The standard InChI is InChI=1S/C22H32N4O4/c1-2-3-4-11-23-21(27)17-9-14-25(15-10-17)22(28)19-16-18(26(29)30)7-8-20(19)24-12-5-6-13-24/h7-8,16-17H,2-6,9-15H2,1H3,(H,23,27). The summed E-state index contributed by atoms with van der Waals surface area (Å²) in [6.45, 7) is 5.54. The second kappa shape index (κ2) is 10.4. The van der Waals surface area contributed by atoms with Gasteiger partial charge in [0, 0.05) is 50.8 Å². The van der Waals surface area contributed by atoms with E-state index in [4.69, 9.17) is 0 Å². The van der Waals surface area contributed by atoms with Crippen molar-refractivity contribution in [3.05, 3.63) is 33.9 Å². The zero-order valence-electron chi connectivity index (χ0n) is 17.8. The number of amides is 2. The van der Waals surface area contributed by atoms with Gasteiger partial charge in [0.15, 0.2) is 0 Å². The molecule has 0 unspecified atom stereocenters. The summed E-state index contributed by atoms with van der Waals surface area (Å²) in [6.07, 6.45) is 6.58. The first-order chi connectivity index (χ1) is 14.5. The maximum absolute atomic E-state index is 13.2. The quantitative estimate of drug-likeness (QED) is 0.398. The molecule has 8 heteroatoms. The molecule has 0 bridgehead atoms. The number of unbranched alkanes of at least 4 members (excludes halogenated alkanes) is 2. The monoisotopic (exact) mass is 416 g/mol. The smallest absolute Gasteiger partial charge is 0.270 e. The van der Waals surface area contributed by atoms with Gasteiger partial charge in [-0.15, -0.1) is 0 Å². The third kappa shape index (κ3) is 5.29. The molecule has 2 aliphatic rings. The molecule has 8 nitrogen and oxygen atoms in total. The predicted molar refractivity (Wildman–Crippen MR) is 116 cm³/mol. The van der Waals surface area contributed by atoms with E-state index in [-0.39, 0.29) is 23.4 Å². The van der Waals surface area contributed by atoms with E-state index in [1.807, 2.05) is 0 Å². The lowest BCUT2D eigenvalue weighted by Gasteiger charge is -2.32. The average molecular weight is 417 g/mol. The van der Waals surface area contributed by atoms with Crippen LogP contribution >= 0.6 is 0 Å². The Morgan fingerprint density at radius 2 is 1.83 bits per heavy atom. The van der Waals surface area contributed by atoms with Crippen molar-refractivity contribution in [2.75, 3.05) is 37.6 Å². The third-order valence-electron chi connectivity index (χ3n) is 6.10. The Hall–Kier alpha value is -2.64. The Labute approximate surface area is 177 Å². The number of hydrogen-bond donors (Lipinski definition) is 1. The van der Waals surface area contributed by atoms with Gasteiger partial charge in [-0.05, 0) is 38.2 Å². The summed E-state index contributed by atoms with van der Waals surface area (Å²) in [4.78, 5) is 40.3. The minimum atomic E-state index is -0.459. The summed E-state index contributed by atoms with van der Waals surface area (Å²) >= 11 is 0. The number of benzene rings is 1. The molecule has 2 aliphatic heterocycles. The Balaban J connectivity index is 1.65. The lowest BCUT2D eigenvalue weighted by atomic mass is 9.95. The second-order valence-corrected chi connectivity index (χ2v) is 8.22. The summed E-state index contributed by atoms with van der Waals surface area (Å²) in [6, 6.07) is 4.58. The van der Waals surface area contributed by atoms with E-state index in [0.29, 0.717) is 38.0 Å². The van der Waals surface area contributed by atoms with E-state index in [2.05, 4.69) is 17.1 Å². The van der Waals surface area contributed by atoms with Crippen molar-refractivity contribution >= 4 is 23.2 Å². The minimum absolute atomic E-state index is 0.0670. The second-order valence-electron chi connectivity index (χ2n) is 8.22. The molecule has 164 valence electrons. The van der Waals surface area contributed by atoms with Gasteiger partial charge in [0.2, 0.25) is 5.91 Å². The third-order valence-corrected chi connectivity index (χ3v) is 6.10. The topological polar surface area (TPSA) is 95.8 Å². The van der Waals surface area contributed by atoms with Gasteiger partial charge in [0.25, 0.3) is 11.6 Å². The summed E-state index contributed by atoms with van der Waals surface area (Å²) in [5.41, 5.74) is 1.11. The highest BCUT2D eigenvalue weighted by Crippen LogP contribution is 2.30. The number of nitro benzene ring substituents is 1. The molecule has 0 radical (unpaired) electrons. The highest BCUT2D eigenvalue weighted by Gasteiger charge is 2.30. The van der Waals surface area contributed by atoms with Crippen LogP contribution in [0.3, 0.4) is 0 Å². The largest absolute Gasteiger partial charge is 0.371 e. The molecule has 1 aromatic carbocycles. The molecular formula is C22H32N4O4. The predicted octanol–water partition coefficient (Wildman–Crippen LogP) is 3.35. The van der Waals surface area contributed by atoms with Gasteiger partial charge in [-0.25, -0.2) is 0 Å². The summed E-state index contributed by atoms with van der Waals surface area (Å²) in [5.74, 6) is -0.174. The normalized spacial score (nSPS) is 17.2. The summed E-state index contributed by atoms with van der Waals surface area (Å²) in [7, 11) is 0. The Kier molecular flexibility index (Phi) is 7.65. The molecule has 0 atom stereocenters. The van der Waals surface area contributed by atoms with Gasteiger partial charge in [-0.2, -0.15) is 0 Å². The van der Waals surface area contributed by atoms with Crippen molar-refractivity contribution in [1.82, 2.24) is 10.2 Å². The SMILES string of the molecule is CCCCCNC(=O)C1CCN(C(=O)c2cc([N+](=O)[O-])ccc2N2CCCC2)CC1. The van der Waals surface area contributed by atoms with E-state index in [0.717, 1.165) is 50.9 Å². The number of carbonyl (C=O) groups is 2. The average Bonchev–Trinajstić information content (AvgIpc) is 3.30. The number of nitrogens with one attached hydrogen (secondary N) is 1. The molecule has 0 spiro atoms. The van der Waals surface area contributed by atoms with E-state index in [1.165, 1.54) is 12.1 Å². The fraction of sp³-hybridized carbons (Fsp3) is 0.636. The number of non-ortho nitro benzene ring substituents is 1. The molecule has 0 saturated carbocycles. The van der Waals surface area contributed by atoms with Crippen LogP contribution in [0.4, 0.5) is 11.4 Å². The molecule has 2 fully saturated rings. The van der Waals surface area contributed by atoms with Crippen molar-refractivity contribution in [2.24, 2.45) is 5.92 Å². The Morgan fingerprint density at radius 3 is 2.47 bits per heavy atom. The number of rotatable bonds is 8. The van der Waals surface area contributed by atoms with Crippen molar-refractivity contribution in [3.8, 4) is 0 Å². The van der Waals surface area contributed by atoms with E-state index >= 15 is 0 Å². The molecule has 2 heterocycles. The first kappa shape index (κ1) is 22.1. The molecule has 3 rings (SSSR count). The number of nitrogens with zero attached hydrogens (tertiary/aromatic N) is 3. The lowest BCUT2D eigenvalue weighted by molar-refractivity contribution is -0.384. The number of anilines is 1. The first-order valence-corrected chi connectivity index (χ1v) is 11.1. The highest BCUT2D eigenvalue weighted by atomic mass is 16.6. The van der Waals surface area contributed by atoms with Crippen molar-refractivity contribution in [2.45, 2.75) is 51.9 Å². The molecule has 2 saturated heterocycles. The number of hydrogen-bond acceptors (Lipinski definition) is 5. The molecular weight excluding hydrogens is 384 g/mol. The highest BCUT2D eigenvalue weighted by molar-refractivity contribution is 6.00. The van der Waals surface area contributed by atoms with Crippen LogP contribution < -0.4 is 10.2 Å². The molecule has 1 aromatic rings. The number of likely N-dealkylation sites (tertiary alicyclic amines) is 1. The van der Waals surface area contributed by atoms with Gasteiger partial charge >= 0.3 is 0 Å². The van der Waals surface area contributed by atoms with Crippen LogP contribution in [0.5, 0.6) is 0 Å². The van der Waals surface area contributed by atoms with Crippen molar-refractivity contribution in [1.29, 1.82) is 0 Å². The van der Waals surface area contributed by atoms with E-state index in [1.54, 1.807) is 11.0 Å². The molecule has 0 aromatic heterocycles. The van der Waals surface area contributed by atoms with Crippen LogP contribution in [-0.2, 0) is 4.79 Å². The molecule has 2 amide bonds. The fourth-order valence-corrected chi connectivity index (χ4v) is 4.29. The molecule has 1 N–H and O–H groups in total. The Morgan fingerprint density at radius 1 is 1.13 bits per heavy atom. The molecule has 30 heavy (non-hydrogen) atoms. The van der Waals surface area contributed by atoms with Gasteiger partial charge in [0.1, 0.15) is 0 Å². The maximum atomic E-state index is 13.2. The zero-order valence-corrected chi connectivity index (χ0v) is 17.8. The van der Waals surface area contributed by atoms with Gasteiger partial charge in [-0.3, -0.25) is 19.7 Å². The van der Waals surface area contributed by atoms with Crippen molar-refractivity contribution < 1.29 is 14.5 Å². The van der Waals surface area contributed by atoms with Crippen LogP contribution in [0.15, 0.2) is 18.2 Å². The Bertz CT molecular complexity index is 768. The number of carbonyl (C=O) groups excluding carboxylic acids is 2. The maximum Gasteiger partial charge on any atom is 0.270 e. The van der Waals surface area contributed by atoms with E-state index < -0.39 is 4.92 Å². The lowest BCUT2D eigenvalue weighted by Crippen LogP contribution is -2.43. The minimum Gasteiger partial charge on any atom is -0.371 e. The van der Waals surface area contributed by atoms with Crippen LogP contribution in [0, 0.1) is 16.0 Å². The summed E-state index contributed by atoms with van der Waals surface area (Å²) in [5, 5.41) is 14.3. The number of piperidine rings is 1. The van der Waals surface area contributed by atoms with Crippen LogP contribution in [0.2, 0.25) is 0 Å². The van der Waals surface area contributed by atoms with Crippen molar-refractivity contribution in [3.63, 3.8) is 0 Å². The summed E-state index contributed by atoms with van der Waals surface area (Å²) < 4.78 is 0. The fourth-order valence-electron chi connectivity index (χ4n) is 4.29. The van der Waals surface area contributed by atoms with Crippen LogP contribution in [0.1, 0.15) is 62.2 Å². The van der Waals surface area contributed by atoms with Gasteiger partial charge < -0.3 is 15.1 Å².